The van der Waals surface area contributed by atoms with Gasteiger partial charge in [-0.15, -0.1) is 0 Å². The van der Waals surface area contributed by atoms with Gasteiger partial charge in [-0.1, -0.05) is 12.8 Å². The van der Waals surface area contributed by atoms with Crippen molar-refractivity contribution in [2.24, 2.45) is 0 Å². The number of nitrogens with zero attached hydrogens (tertiary/aromatic N) is 2. The summed E-state index contributed by atoms with van der Waals surface area (Å²) in [5.41, 5.74) is -0.316. The lowest BCUT2D eigenvalue weighted by molar-refractivity contribution is 0.0230. The molecule has 3 heteroatoms. The molecule has 0 spiro atoms. The third-order valence-corrected chi connectivity index (χ3v) is 4.02. The Balaban J connectivity index is 1.69. The molecule has 1 heterocycles. The Labute approximate surface area is 93.1 Å². The van der Waals surface area contributed by atoms with E-state index in [0.29, 0.717) is 0 Å². The van der Waals surface area contributed by atoms with E-state index in [1.165, 1.54) is 39.0 Å². The zero-order valence-corrected chi connectivity index (χ0v) is 9.91. The van der Waals surface area contributed by atoms with Crippen LogP contribution in [0.15, 0.2) is 0 Å². The highest BCUT2D eigenvalue weighted by Gasteiger charge is 2.31. The standard InChI is InChI=1S/C12H24N2O/c1-13-8-10-14(11-9-13)7-6-12(15)4-2-3-5-12/h15H,2-11H2,1H3. The van der Waals surface area contributed by atoms with Crippen LogP contribution in [0.5, 0.6) is 0 Å². The predicted octanol–water partition coefficient (Wildman–Crippen LogP) is 0.929. The fourth-order valence-corrected chi connectivity index (χ4v) is 2.72. The van der Waals surface area contributed by atoms with Crippen molar-refractivity contribution in [1.82, 2.24) is 9.80 Å². The number of piperazine rings is 1. The van der Waals surface area contributed by atoms with Gasteiger partial charge in [0, 0.05) is 32.7 Å². The summed E-state index contributed by atoms with van der Waals surface area (Å²) in [6.07, 6.45) is 5.48. The number of likely N-dealkylation sites (N-methyl/N-ethyl adjacent to an activating group) is 1. The van der Waals surface area contributed by atoms with E-state index < -0.39 is 0 Å². The van der Waals surface area contributed by atoms with E-state index in [9.17, 15) is 5.11 Å². The Hall–Kier alpha value is -0.120. The fraction of sp³-hybridized carbons (Fsp3) is 1.00. The topological polar surface area (TPSA) is 26.7 Å². The lowest BCUT2D eigenvalue weighted by Crippen LogP contribution is -2.46. The number of aliphatic hydroxyl groups is 1. The van der Waals surface area contributed by atoms with Crippen LogP contribution < -0.4 is 0 Å². The molecule has 0 unspecified atom stereocenters. The Morgan fingerprint density at radius 1 is 1.07 bits per heavy atom. The molecule has 0 bridgehead atoms. The maximum Gasteiger partial charge on any atom is 0.0660 e. The Morgan fingerprint density at radius 3 is 2.27 bits per heavy atom. The van der Waals surface area contributed by atoms with E-state index in [1.807, 2.05) is 0 Å². The van der Waals surface area contributed by atoms with Crippen LogP contribution >= 0.6 is 0 Å². The molecule has 1 saturated heterocycles. The summed E-state index contributed by atoms with van der Waals surface area (Å²) >= 11 is 0. The second-order valence-corrected chi connectivity index (χ2v) is 5.33. The van der Waals surface area contributed by atoms with Gasteiger partial charge in [0.25, 0.3) is 0 Å². The third-order valence-electron chi connectivity index (χ3n) is 4.02. The first-order valence-corrected chi connectivity index (χ1v) is 6.31. The molecular weight excluding hydrogens is 188 g/mol. The van der Waals surface area contributed by atoms with E-state index in [4.69, 9.17) is 0 Å². The molecule has 2 aliphatic rings. The molecule has 0 radical (unpaired) electrons. The summed E-state index contributed by atoms with van der Waals surface area (Å²) in [5, 5.41) is 10.2. The van der Waals surface area contributed by atoms with Crippen molar-refractivity contribution in [3.8, 4) is 0 Å². The first-order chi connectivity index (χ1) is 7.18. The summed E-state index contributed by atoms with van der Waals surface area (Å²) in [4.78, 5) is 4.87. The van der Waals surface area contributed by atoms with E-state index >= 15 is 0 Å². The molecule has 0 amide bonds. The lowest BCUT2D eigenvalue weighted by atomic mass is 9.98. The minimum atomic E-state index is -0.316. The molecular formula is C12H24N2O. The molecule has 0 atom stereocenters. The molecule has 3 nitrogen and oxygen atoms in total. The van der Waals surface area contributed by atoms with Gasteiger partial charge in [-0.3, -0.25) is 0 Å². The van der Waals surface area contributed by atoms with Crippen molar-refractivity contribution in [3.63, 3.8) is 0 Å². The van der Waals surface area contributed by atoms with Crippen molar-refractivity contribution in [2.45, 2.75) is 37.7 Å². The fourth-order valence-electron chi connectivity index (χ4n) is 2.72. The number of hydrogen-bond donors (Lipinski definition) is 1. The summed E-state index contributed by atoms with van der Waals surface area (Å²) in [7, 11) is 2.18. The second kappa shape index (κ2) is 4.81. The third kappa shape index (κ3) is 3.16. The average molecular weight is 212 g/mol. The van der Waals surface area contributed by atoms with Crippen LogP contribution in [0.4, 0.5) is 0 Å². The van der Waals surface area contributed by atoms with Crippen molar-refractivity contribution < 1.29 is 5.11 Å². The summed E-state index contributed by atoms with van der Waals surface area (Å²) < 4.78 is 0. The highest BCUT2D eigenvalue weighted by atomic mass is 16.3. The van der Waals surface area contributed by atoms with E-state index in [0.717, 1.165) is 25.8 Å². The molecule has 1 saturated carbocycles. The summed E-state index contributed by atoms with van der Waals surface area (Å²) in [6.45, 7) is 5.79. The number of rotatable bonds is 3. The highest BCUT2D eigenvalue weighted by molar-refractivity contribution is 4.85. The van der Waals surface area contributed by atoms with E-state index in [2.05, 4.69) is 16.8 Å². The normalized spacial score (nSPS) is 28.4. The molecule has 1 N–H and O–H groups in total. The minimum Gasteiger partial charge on any atom is -0.390 e. The quantitative estimate of drug-likeness (QED) is 0.754. The zero-order valence-electron chi connectivity index (χ0n) is 9.91. The van der Waals surface area contributed by atoms with Crippen LogP contribution in [0.25, 0.3) is 0 Å². The molecule has 15 heavy (non-hydrogen) atoms. The SMILES string of the molecule is CN1CCN(CCC2(O)CCCC2)CC1. The maximum absolute atomic E-state index is 10.2. The Morgan fingerprint density at radius 2 is 1.67 bits per heavy atom. The van der Waals surface area contributed by atoms with Crippen molar-refractivity contribution >= 4 is 0 Å². The van der Waals surface area contributed by atoms with Crippen LogP contribution in [0, 0.1) is 0 Å². The molecule has 0 aromatic carbocycles. The Bertz CT molecular complexity index is 194. The second-order valence-electron chi connectivity index (χ2n) is 5.33. The molecule has 0 aromatic heterocycles. The van der Waals surface area contributed by atoms with Gasteiger partial charge in [0.1, 0.15) is 0 Å². The Kier molecular flexibility index (Phi) is 3.65. The van der Waals surface area contributed by atoms with Gasteiger partial charge >= 0.3 is 0 Å². The summed E-state index contributed by atoms with van der Waals surface area (Å²) in [6, 6.07) is 0. The minimum absolute atomic E-state index is 0.316. The zero-order chi connectivity index (χ0) is 10.7. The monoisotopic (exact) mass is 212 g/mol. The van der Waals surface area contributed by atoms with Gasteiger partial charge in [0.2, 0.25) is 0 Å². The lowest BCUT2D eigenvalue weighted by Gasteiger charge is -2.34. The van der Waals surface area contributed by atoms with Crippen LogP contribution in [0.2, 0.25) is 0 Å². The molecule has 2 rings (SSSR count). The summed E-state index contributed by atoms with van der Waals surface area (Å²) in [5.74, 6) is 0. The average Bonchev–Trinajstić information content (AvgIpc) is 2.65. The van der Waals surface area contributed by atoms with Gasteiger partial charge in [-0.25, -0.2) is 0 Å². The maximum atomic E-state index is 10.2. The largest absolute Gasteiger partial charge is 0.390 e. The van der Waals surface area contributed by atoms with Gasteiger partial charge < -0.3 is 14.9 Å². The van der Waals surface area contributed by atoms with Gasteiger partial charge in [0.05, 0.1) is 5.60 Å². The van der Waals surface area contributed by atoms with Crippen LogP contribution in [-0.2, 0) is 0 Å². The molecule has 88 valence electrons. The van der Waals surface area contributed by atoms with Crippen molar-refractivity contribution in [1.29, 1.82) is 0 Å². The first-order valence-electron chi connectivity index (χ1n) is 6.31. The molecule has 1 aliphatic carbocycles. The number of hydrogen-bond acceptors (Lipinski definition) is 3. The van der Waals surface area contributed by atoms with Crippen LogP contribution in [0.3, 0.4) is 0 Å². The first kappa shape index (κ1) is 11.4. The van der Waals surface area contributed by atoms with Gasteiger partial charge in [-0.05, 0) is 26.3 Å². The van der Waals surface area contributed by atoms with E-state index in [1.54, 1.807) is 0 Å². The molecule has 2 fully saturated rings. The van der Waals surface area contributed by atoms with Crippen molar-refractivity contribution in [3.05, 3.63) is 0 Å². The smallest absolute Gasteiger partial charge is 0.0660 e. The molecule has 1 aliphatic heterocycles. The van der Waals surface area contributed by atoms with Crippen LogP contribution in [-0.4, -0.2) is 60.3 Å². The highest BCUT2D eigenvalue weighted by Crippen LogP contribution is 2.32. The van der Waals surface area contributed by atoms with Gasteiger partial charge in [-0.2, -0.15) is 0 Å². The molecule has 0 aromatic rings. The van der Waals surface area contributed by atoms with Gasteiger partial charge in [0.15, 0.2) is 0 Å². The van der Waals surface area contributed by atoms with Crippen LogP contribution in [0.1, 0.15) is 32.1 Å². The van der Waals surface area contributed by atoms with E-state index in [-0.39, 0.29) is 5.60 Å². The van der Waals surface area contributed by atoms with Crippen molar-refractivity contribution in [2.75, 3.05) is 39.8 Å². The predicted molar refractivity (Wildman–Crippen MR) is 62.0 cm³/mol.